The molecule has 0 aromatic carbocycles. The molecule has 0 amide bonds. The topological polar surface area (TPSA) is 49.4 Å². The van der Waals surface area contributed by atoms with Crippen LogP contribution in [-0.4, -0.2) is 61.6 Å². The van der Waals surface area contributed by atoms with Crippen molar-refractivity contribution in [3.05, 3.63) is 0 Å². The summed E-state index contributed by atoms with van der Waals surface area (Å²) in [4.78, 5) is 2.19. The van der Waals surface area contributed by atoms with Gasteiger partial charge in [-0.15, -0.1) is 0 Å². The highest BCUT2D eigenvalue weighted by Crippen LogP contribution is 2.24. The molecule has 108 valence electrons. The van der Waals surface area contributed by atoms with Crippen molar-refractivity contribution < 1.29 is 8.42 Å². The molecule has 1 rings (SSSR count). The zero-order valence-corrected chi connectivity index (χ0v) is 13.3. The van der Waals surface area contributed by atoms with Crippen LogP contribution in [0.5, 0.6) is 0 Å². The smallest absolute Gasteiger partial charge is 0.166 e. The maximum absolute atomic E-state index is 12.1. The molecule has 0 radical (unpaired) electrons. The van der Waals surface area contributed by atoms with E-state index in [1.165, 1.54) is 0 Å². The molecule has 4 nitrogen and oxygen atoms in total. The van der Waals surface area contributed by atoms with E-state index in [0.29, 0.717) is 6.04 Å². The Balaban J connectivity index is 2.64. The maximum Gasteiger partial charge on any atom is 0.166 e. The van der Waals surface area contributed by atoms with E-state index >= 15 is 0 Å². The lowest BCUT2D eigenvalue weighted by atomic mass is 10.2. The minimum atomic E-state index is -2.96. The quantitative estimate of drug-likeness (QED) is 0.715. The van der Waals surface area contributed by atoms with Crippen molar-refractivity contribution in [2.45, 2.75) is 38.6 Å². The van der Waals surface area contributed by atoms with Crippen molar-refractivity contribution in [1.29, 1.82) is 0 Å². The molecule has 1 aliphatic rings. The van der Waals surface area contributed by atoms with Crippen LogP contribution in [0, 0.1) is 0 Å². The van der Waals surface area contributed by atoms with Gasteiger partial charge in [0.05, 0.1) is 0 Å². The van der Waals surface area contributed by atoms with Gasteiger partial charge >= 0.3 is 0 Å². The number of sulfone groups is 1. The first kappa shape index (κ1) is 16.3. The second-order valence-electron chi connectivity index (χ2n) is 4.71. The van der Waals surface area contributed by atoms with Gasteiger partial charge in [-0.3, -0.25) is 4.90 Å². The standard InChI is InChI=1S/C12H26N2O2S2/c1-4-13-7-6-11(3)14-8-9-17-10-12(14)18(15,16)5-2/h11-13H,4-10H2,1-3H3. The van der Waals surface area contributed by atoms with Crippen molar-refractivity contribution in [3.63, 3.8) is 0 Å². The lowest BCUT2D eigenvalue weighted by Gasteiger charge is -2.39. The third-order valence-electron chi connectivity index (χ3n) is 3.50. The molecule has 0 aliphatic carbocycles. The molecule has 1 aliphatic heterocycles. The average molecular weight is 294 g/mol. The van der Waals surface area contributed by atoms with Crippen LogP contribution in [0.4, 0.5) is 0 Å². The Morgan fingerprint density at radius 1 is 1.44 bits per heavy atom. The molecule has 1 fully saturated rings. The molecule has 1 N–H and O–H groups in total. The lowest BCUT2D eigenvalue weighted by molar-refractivity contribution is 0.195. The summed E-state index contributed by atoms with van der Waals surface area (Å²) in [5.41, 5.74) is 0. The van der Waals surface area contributed by atoms with Crippen molar-refractivity contribution in [2.75, 3.05) is 36.9 Å². The minimum absolute atomic E-state index is 0.245. The zero-order valence-electron chi connectivity index (χ0n) is 11.7. The Morgan fingerprint density at radius 2 is 2.17 bits per heavy atom. The summed E-state index contributed by atoms with van der Waals surface area (Å²) in [6.45, 7) is 8.80. The van der Waals surface area contributed by atoms with Crippen LogP contribution in [0.1, 0.15) is 27.2 Å². The predicted octanol–water partition coefficient (Wildman–Crippen LogP) is 1.18. The van der Waals surface area contributed by atoms with Crippen LogP contribution in [0.25, 0.3) is 0 Å². The zero-order chi connectivity index (χ0) is 13.6. The van der Waals surface area contributed by atoms with Gasteiger partial charge in [-0.05, 0) is 26.4 Å². The van der Waals surface area contributed by atoms with Gasteiger partial charge in [-0.1, -0.05) is 13.8 Å². The van der Waals surface area contributed by atoms with Crippen LogP contribution in [0.15, 0.2) is 0 Å². The van der Waals surface area contributed by atoms with E-state index in [1.807, 2.05) is 0 Å². The maximum atomic E-state index is 12.1. The molecule has 18 heavy (non-hydrogen) atoms. The molecule has 0 aromatic heterocycles. The Morgan fingerprint density at radius 3 is 2.78 bits per heavy atom. The van der Waals surface area contributed by atoms with Crippen molar-refractivity contribution in [1.82, 2.24) is 10.2 Å². The van der Waals surface area contributed by atoms with E-state index in [9.17, 15) is 8.42 Å². The largest absolute Gasteiger partial charge is 0.317 e. The summed E-state index contributed by atoms with van der Waals surface area (Å²) in [5, 5.41) is 3.02. The van der Waals surface area contributed by atoms with Crippen LogP contribution in [0.2, 0.25) is 0 Å². The Bertz CT molecular complexity index is 333. The monoisotopic (exact) mass is 294 g/mol. The lowest BCUT2D eigenvalue weighted by Crippen LogP contribution is -2.52. The highest BCUT2D eigenvalue weighted by atomic mass is 32.2. The fourth-order valence-corrected chi connectivity index (χ4v) is 5.38. The first-order valence-electron chi connectivity index (χ1n) is 6.78. The summed E-state index contributed by atoms with van der Waals surface area (Å²) in [5.74, 6) is 2.01. The summed E-state index contributed by atoms with van der Waals surface area (Å²) < 4.78 is 24.3. The summed E-state index contributed by atoms with van der Waals surface area (Å²) in [7, 11) is -2.96. The number of nitrogens with one attached hydrogen (secondary N) is 1. The highest BCUT2D eigenvalue weighted by Gasteiger charge is 2.34. The van der Waals surface area contributed by atoms with E-state index in [0.717, 1.165) is 37.6 Å². The Hall–Kier alpha value is 0.220. The number of hydrogen-bond donors (Lipinski definition) is 1. The second-order valence-corrected chi connectivity index (χ2v) is 8.31. The molecule has 0 spiro atoms. The van der Waals surface area contributed by atoms with Crippen molar-refractivity contribution >= 4 is 21.6 Å². The molecule has 2 atom stereocenters. The first-order chi connectivity index (χ1) is 8.53. The number of thioether (sulfide) groups is 1. The molecule has 0 saturated carbocycles. The van der Waals surface area contributed by atoms with Gasteiger partial charge < -0.3 is 5.32 Å². The molecular weight excluding hydrogens is 268 g/mol. The normalized spacial score (nSPS) is 24.1. The van der Waals surface area contributed by atoms with Gasteiger partial charge in [0.15, 0.2) is 9.84 Å². The second kappa shape index (κ2) is 7.72. The number of rotatable bonds is 7. The predicted molar refractivity (Wildman–Crippen MR) is 79.9 cm³/mol. The van der Waals surface area contributed by atoms with E-state index in [1.54, 1.807) is 18.7 Å². The number of hydrogen-bond acceptors (Lipinski definition) is 5. The van der Waals surface area contributed by atoms with Gasteiger partial charge in [0.2, 0.25) is 0 Å². The third kappa shape index (κ3) is 4.40. The Labute approximate surface area is 116 Å². The molecular formula is C12H26N2O2S2. The van der Waals surface area contributed by atoms with Gasteiger partial charge in [-0.25, -0.2) is 8.42 Å². The van der Waals surface area contributed by atoms with Crippen molar-refractivity contribution in [2.24, 2.45) is 0 Å². The summed E-state index contributed by atoms with van der Waals surface area (Å²) in [6, 6.07) is 0.330. The van der Waals surface area contributed by atoms with Crippen LogP contribution in [-0.2, 0) is 9.84 Å². The van der Waals surface area contributed by atoms with E-state index in [4.69, 9.17) is 0 Å². The van der Waals surface area contributed by atoms with Gasteiger partial charge in [0.1, 0.15) is 5.37 Å². The molecule has 0 aromatic rings. The fourth-order valence-electron chi connectivity index (χ4n) is 2.25. The van der Waals surface area contributed by atoms with Gasteiger partial charge in [0.25, 0.3) is 0 Å². The molecule has 2 unspecified atom stereocenters. The van der Waals surface area contributed by atoms with E-state index in [2.05, 4.69) is 24.1 Å². The minimum Gasteiger partial charge on any atom is -0.317 e. The number of nitrogens with zero attached hydrogens (tertiary/aromatic N) is 1. The van der Waals surface area contributed by atoms with E-state index < -0.39 is 9.84 Å². The van der Waals surface area contributed by atoms with E-state index in [-0.39, 0.29) is 11.1 Å². The fraction of sp³-hybridized carbons (Fsp3) is 1.00. The van der Waals surface area contributed by atoms with Gasteiger partial charge in [0, 0.05) is 29.8 Å². The SMILES string of the molecule is CCNCCC(C)N1CCSCC1S(=O)(=O)CC. The third-order valence-corrected chi connectivity index (χ3v) is 6.80. The first-order valence-corrected chi connectivity index (χ1v) is 9.65. The van der Waals surface area contributed by atoms with Crippen LogP contribution >= 0.6 is 11.8 Å². The summed E-state index contributed by atoms with van der Waals surface area (Å²) in [6.07, 6.45) is 1.01. The van der Waals surface area contributed by atoms with Crippen LogP contribution < -0.4 is 5.32 Å². The molecule has 6 heteroatoms. The highest BCUT2D eigenvalue weighted by molar-refractivity contribution is 8.01. The molecule has 1 heterocycles. The molecule has 1 saturated heterocycles. The van der Waals surface area contributed by atoms with Crippen LogP contribution in [0.3, 0.4) is 0 Å². The summed E-state index contributed by atoms with van der Waals surface area (Å²) >= 11 is 1.76. The Kier molecular flexibility index (Phi) is 6.98. The van der Waals surface area contributed by atoms with Gasteiger partial charge in [-0.2, -0.15) is 11.8 Å². The molecule has 0 bridgehead atoms. The van der Waals surface area contributed by atoms with Crippen molar-refractivity contribution in [3.8, 4) is 0 Å². The average Bonchev–Trinajstić information content (AvgIpc) is 2.39.